The number of rotatable bonds is 2. The first kappa shape index (κ1) is 12.8. The third-order valence-electron chi connectivity index (χ3n) is 3.02. The Labute approximate surface area is 103 Å². The van der Waals surface area contributed by atoms with Crippen molar-refractivity contribution >= 4 is 17.7 Å². The van der Waals surface area contributed by atoms with Crippen molar-refractivity contribution in [1.29, 1.82) is 0 Å². The Kier molecular flexibility index (Phi) is 3.73. The number of carbonyl (C=O) groups excluding carboxylic acids is 1. The van der Waals surface area contributed by atoms with Gasteiger partial charge in [-0.25, -0.2) is 0 Å². The summed E-state index contributed by atoms with van der Waals surface area (Å²) in [6.45, 7) is 2.91. The van der Waals surface area contributed by atoms with Crippen molar-refractivity contribution < 1.29 is 18.3 Å². The maximum atomic E-state index is 14.0. The van der Waals surface area contributed by atoms with E-state index in [1.807, 2.05) is 0 Å². The first-order chi connectivity index (χ1) is 8.03. The largest absolute Gasteiger partial charge is 0.378 e. The lowest BCUT2D eigenvalue weighted by Gasteiger charge is -2.31. The van der Waals surface area contributed by atoms with Crippen LogP contribution in [0.1, 0.15) is 6.92 Å². The second-order valence-corrected chi connectivity index (χ2v) is 5.19. The molecule has 1 unspecified atom stereocenters. The zero-order valence-corrected chi connectivity index (χ0v) is 10.4. The Morgan fingerprint density at radius 3 is 2.71 bits per heavy atom. The molecule has 1 amide bonds. The van der Waals surface area contributed by atoms with Crippen LogP contribution in [0.4, 0.5) is 8.78 Å². The van der Waals surface area contributed by atoms with E-state index in [0.29, 0.717) is 19.0 Å². The smallest absolute Gasteiger partial charge is 0.347 e. The first-order valence-electron chi connectivity index (χ1n) is 5.60. The van der Waals surface area contributed by atoms with Gasteiger partial charge in [0.1, 0.15) is 0 Å². The van der Waals surface area contributed by atoms with Crippen molar-refractivity contribution in [2.45, 2.75) is 12.8 Å². The van der Waals surface area contributed by atoms with Gasteiger partial charge in [-0.2, -0.15) is 8.78 Å². The first-order valence-corrected chi connectivity index (χ1v) is 6.65. The molecule has 2 aliphatic heterocycles. The highest BCUT2D eigenvalue weighted by molar-refractivity contribution is 8.02. The maximum Gasteiger partial charge on any atom is 0.347 e. The average Bonchev–Trinajstić information content (AvgIpc) is 2.76. The SMILES string of the molecule is CC1CSC=C1C(F)(F)C(=O)N1CCOCC1. The molecule has 0 aliphatic carbocycles. The number of halogens is 2. The minimum absolute atomic E-state index is 0.0426. The minimum Gasteiger partial charge on any atom is -0.378 e. The molecular weight excluding hydrogens is 248 g/mol. The number of ether oxygens (including phenoxy) is 1. The third-order valence-corrected chi connectivity index (χ3v) is 4.13. The summed E-state index contributed by atoms with van der Waals surface area (Å²) in [6.07, 6.45) is 0. The zero-order valence-electron chi connectivity index (χ0n) is 9.62. The molecule has 0 saturated carbocycles. The van der Waals surface area contributed by atoms with Crippen LogP contribution in [0, 0.1) is 5.92 Å². The van der Waals surface area contributed by atoms with Crippen LogP contribution < -0.4 is 0 Å². The van der Waals surface area contributed by atoms with Gasteiger partial charge in [0.15, 0.2) is 0 Å². The molecule has 2 heterocycles. The lowest BCUT2D eigenvalue weighted by Crippen LogP contribution is -2.49. The minimum atomic E-state index is -3.36. The molecular formula is C11H15F2NO2S. The number of morpholine rings is 1. The molecule has 3 nitrogen and oxygen atoms in total. The van der Waals surface area contributed by atoms with Crippen LogP contribution >= 0.6 is 11.8 Å². The van der Waals surface area contributed by atoms with Gasteiger partial charge in [-0.1, -0.05) is 6.92 Å². The van der Waals surface area contributed by atoms with Crippen molar-refractivity contribution in [1.82, 2.24) is 4.90 Å². The summed E-state index contributed by atoms with van der Waals surface area (Å²) in [6, 6.07) is 0. The van der Waals surface area contributed by atoms with E-state index < -0.39 is 11.8 Å². The van der Waals surface area contributed by atoms with E-state index in [9.17, 15) is 13.6 Å². The molecule has 1 saturated heterocycles. The fourth-order valence-electron chi connectivity index (χ4n) is 1.96. The van der Waals surface area contributed by atoms with Gasteiger partial charge in [0.25, 0.3) is 5.91 Å². The van der Waals surface area contributed by atoms with E-state index in [-0.39, 0.29) is 24.6 Å². The molecule has 0 spiro atoms. The molecule has 2 aliphatic rings. The van der Waals surface area contributed by atoms with Crippen LogP contribution in [0.25, 0.3) is 0 Å². The van der Waals surface area contributed by atoms with Crippen molar-refractivity contribution in [2.75, 3.05) is 32.1 Å². The monoisotopic (exact) mass is 263 g/mol. The van der Waals surface area contributed by atoms with E-state index in [1.54, 1.807) is 6.92 Å². The number of nitrogens with zero attached hydrogens (tertiary/aromatic N) is 1. The number of amides is 1. The molecule has 0 aromatic heterocycles. The van der Waals surface area contributed by atoms with Crippen molar-refractivity contribution in [3.8, 4) is 0 Å². The van der Waals surface area contributed by atoms with Crippen molar-refractivity contribution in [3.05, 3.63) is 11.0 Å². The molecule has 96 valence electrons. The van der Waals surface area contributed by atoms with Gasteiger partial charge >= 0.3 is 5.92 Å². The Bertz CT molecular complexity index is 340. The molecule has 2 rings (SSSR count). The third kappa shape index (κ3) is 2.47. The molecule has 0 radical (unpaired) electrons. The summed E-state index contributed by atoms with van der Waals surface area (Å²) in [4.78, 5) is 13.0. The number of hydrogen-bond acceptors (Lipinski definition) is 3. The van der Waals surface area contributed by atoms with Gasteiger partial charge in [0, 0.05) is 24.4 Å². The topological polar surface area (TPSA) is 29.5 Å². The van der Waals surface area contributed by atoms with Crippen LogP contribution in [-0.4, -0.2) is 48.8 Å². The highest BCUT2D eigenvalue weighted by atomic mass is 32.2. The van der Waals surface area contributed by atoms with Gasteiger partial charge in [0.05, 0.1) is 13.2 Å². The lowest BCUT2D eigenvalue weighted by molar-refractivity contribution is -0.156. The van der Waals surface area contributed by atoms with E-state index in [2.05, 4.69) is 0 Å². The molecule has 6 heteroatoms. The van der Waals surface area contributed by atoms with Crippen LogP contribution in [0.2, 0.25) is 0 Å². The van der Waals surface area contributed by atoms with E-state index in [4.69, 9.17) is 4.74 Å². The van der Waals surface area contributed by atoms with Gasteiger partial charge < -0.3 is 9.64 Å². The van der Waals surface area contributed by atoms with Gasteiger partial charge in [-0.15, -0.1) is 11.8 Å². The van der Waals surface area contributed by atoms with Crippen LogP contribution in [0.3, 0.4) is 0 Å². The van der Waals surface area contributed by atoms with E-state index >= 15 is 0 Å². The normalized spacial score (nSPS) is 25.9. The molecule has 0 N–H and O–H groups in total. The number of carbonyl (C=O) groups is 1. The van der Waals surface area contributed by atoms with Crippen LogP contribution in [-0.2, 0) is 9.53 Å². The number of thioether (sulfide) groups is 1. The number of alkyl halides is 2. The second kappa shape index (κ2) is 4.94. The molecule has 1 fully saturated rings. The van der Waals surface area contributed by atoms with E-state index in [1.165, 1.54) is 22.1 Å². The standard InChI is InChI=1S/C11H15F2NO2S/c1-8-6-17-7-9(8)11(12,13)10(15)14-2-4-16-5-3-14/h7-8H,2-6H2,1H3. The highest BCUT2D eigenvalue weighted by Gasteiger charge is 2.48. The fraction of sp³-hybridized carbons (Fsp3) is 0.727. The zero-order chi connectivity index (χ0) is 12.5. The Morgan fingerprint density at radius 2 is 2.18 bits per heavy atom. The van der Waals surface area contributed by atoms with Crippen LogP contribution in [0.15, 0.2) is 11.0 Å². The van der Waals surface area contributed by atoms with Crippen molar-refractivity contribution in [3.63, 3.8) is 0 Å². The lowest BCUT2D eigenvalue weighted by atomic mass is 9.97. The molecule has 17 heavy (non-hydrogen) atoms. The Morgan fingerprint density at radius 1 is 1.53 bits per heavy atom. The van der Waals surface area contributed by atoms with Crippen molar-refractivity contribution in [2.24, 2.45) is 5.92 Å². The maximum absolute atomic E-state index is 14.0. The predicted molar refractivity (Wildman–Crippen MR) is 62.1 cm³/mol. The quantitative estimate of drug-likeness (QED) is 0.760. The Balaban J connectivity index is 2.11. The fourth-order valence-corrected chi connectivity index (χ4v) is 3.08. The van der Waals surface area contributed by atoms with Crippen LogP contribution in [0.5, 0.6) is 0 Å². The summed E-state index contributed by atoms with van der Waals surface area (Å²) >= 11 is 1.34. The second-order valence-electron chi connectivity index (χ2n) is 4.29. The summed E-state index contributed by atoms with van der Waals surface area (Å²) in [7, 11) is 0. The summed E-state index contributed by atoms with van der Waals surface area (Å²) in [5.74, 6) is -4.05. The molecule has 0 aromatic rings. The van der Waals surface area contributed by atoms with Gasteiger partial charge in [0.2, 0.25) is 0 Å². The van der Waals surface area contributed by atoms with Gasteiger partial charge in [-0.3, -0.25) is 4.79 Å². The molecule has 0 aromatic carbocycles. The Hall–Kier alpha value is -0.620. The summed E-state index contributed by atoms with van der Waals surface area (Å²) < 4.78 is 33.1. The highest BCUT2D eigenvalue weighted by Crippen LogP contribution is 2.39. The summed E-state index contributed by atoms with van der Waals surface area (Å²) in [5, 5.41) is 1.43. The van der Waals surface area contributed by atoms with E-state index in [0.717, 1.165) is 0 Å². The summed E-state index contributed by atoms with van der Waals surface area (Å²) in [5.41, 5.74) is -0.0426. The van der Waals surface area contributed by atoms with Gasteiger partial charge in [-0.05, 0) is 11.3 Å². The molecule has 1 atom stereocenters. The predicted octanol–water partition coefficient (Wildman–Crippen LogP) is 1.75. The number of hydrogen-bond donors (Lipinski definition) is 0. The molecule has 0 bridgehead atoms. The average molecular weight is 263 g/mol.